The maximum Gasteiger partial charge on any atom is 0.440 e. The summed E-state index contributed by atoms with van der Waals surface area (Å²) in [4.78, 5) is 14.4. The zero-order chi connectivity index (χ0) is 31.4. The van der Waals surface area contributed by atoms with Crippen LogP contribution < -0.4 is 4.74 Å². The van der Waals surface area contributed by atoms with Gasteiger partial charge in [-0.1, -0.05) is 5.16 Å². The lowest BCUT2D eigenvalue weighted by Gasteiger charge is -2.25. The van der Waals surface area contributed by atoms with E-state index in [2.05, 4.69) is 21.1 Å². The molecule has 1 aliphatic rings. The molecule has 0 N–H and O–H groups in total. The molecule has 0 aromatic carbocycles. The summed E-state index contributed by atoms with van der Waals surface area (Å²) in [6.07, 6.45) is -21.6. The van der Waals surface area contributed by atoms with Crippen molar-refractivity contribution < 1.29 is 53.6 Å². The molecule has 1 fully saturated rings. The fraction of sp³-hybridized carbons (Fsp3) is 0.435. The van der Waals surface area contributed by atoms with Gasteiger partial charge < -0.3 is 14.2 Å². The van der Waals surface area contributed by atoms with Gasteiger partial charge in [0, 0.05) is 19.7 Å². The van der Waals surface area contributed by atoms with Crippen molar-refractivity contribution in [3.05, 3.63) is 28.1 Å². The zero-order valence-electron chi connectivity index (χ0n) is 21.1. The maximum absolute atomic E-state index is 13.9. The summed E-state index contributed by atoms with van der Waals surface area (Å²) in [5.41, 5.74) is -5.01. The third-order valence-electron chi connectivity index (χ3n) is 6.18. The van der Waals surface area contributed by atoms with Gasteiger partial charge in [0.15, 0.2) is 5.76 Å². The van der Waals surface area contributed by atoms with Crippen LogP contribution in [0.2, 0.25) is 0 Å². The average molecular weight is 626 g/mol. The van der Waals surface area contributed by atoms with Crippen molar-refractivity contribution >= 4 is 17.2 Å². The Balaban J connectivity index is 1.73. The van der Waals surface area contributed by atoms with Gasteiger partial charge in [-0.3, -0.25) is 9.48 Å². The standard InChI is InChI=1S/C23H15F9N6O3S/c1-3-38(20(9-34)4-5-20)18(39)10-6-13(42-14(10)8-33)12-7-11(36-41-12)16-15(21(25,26)27)17(35-37(16)2)40-23(31,32)19(24)22(28,29)30/h6-7,19H,3-5H2,1-2H3. The largest absolute Gasteiger partial charge is 0.440 e. The van der Waals surface area contributed by atoms with E-state index in [0.717, 1.165) is 13.1 Å². The number of rotatable bonds is 8. The number of nitriles is 2. The SMILES string of the molecule is CCN(C(=O)c1cc(-c2cc(-c3c(C(F)(F)F)c(OC(F)(F)C(F)C(F)(F)F)nn3C)no2)sc1C#N)C1(C#N)CC1. The molecule has 1 atom stereocenters. The third kappa shape index (κ3) is 5.36. The predicted molar refractivity (Wildman–Crippen MR) is 123 cm³/mol. The Labute approximate surface area is 233 Å². The van der Waals surface area contributed by atoms with Crippen LogP contribution in [0.25, 0.3) is 22.0 Å². The zero-order valence-corrected chi connectivity index (χ0v) is 21.9. The molecule has 224 valence electrons. The fourth-order valence-electron chi connectivity index (χ4n) is 4.10. The summed E-state index contributed by atoms with van der Waals surface area (Å²) < 4.78 is 129. The van der Waals surface area contributed by atoms with Gasteiger partial charge in [0.2, 0.25) is 0 Å². The normalized spacial score (nSPS) is 15.5. The highest BCUT2D eigenvalue weighted by Crippen LogP contribution is 2.47. The first-order valence-corrected chi connectivity index (χ1v) is 12.4. The Morgan fingerprint density at radius 3 is 2.36 bits per heavy atom. The highest BCUT2D eigenvalue weighted by molar-refractivity contribution is 7.16. The minimum absolute atomic E-state index is 0.0377. The monoisotopic (exact) mass is 626 g/mol. The number of carbonyl (C=O) groups excluding carboxylic acids is 1. The summed E-state index contributed by atoms with van der Waals surface area (Å²) in [6.45, 7) is 1.78. The number of amides is 1. The Kier molecular flexibility index (Phi) is 7.47. The van der Waals surface area contributed by atoms with Gasteiger partial charge in [0.05, 0.1) is 16.5 Å². The van der Waals surface area contributed by atoms with E-state index >= 15 is 0 Å². The third-order valence-corrected chi connectivity index (χ3v) is 7.24. The molecule has 1 unspecified atom stereocenters. The smallest absolute Gasteiger partial charge is 0.410 e. The summed E-state index contributed by atoms with van der Waals surface area (Å²) in [5, 5.41) is 25.6. The number of halogens is 9. The van der Waals surface area contributed by atoms with Crippen LogP contribution in [0.3, 0.4) is 0 Å². The molecule has 0 saturated heterocycles. The molecule has 4 rings (SSSR count). The summed E-state index contributed by atoms with van der Waals surface area (Å²) in [7, 11) is 0.804. The Hall–Kier alpha value is -4.26. The average Bonchev–Trinajstić information content (AvgIpc) is 3.21. The van der Waals surface area contributed by atoms with Crippen LogP contribution in [-0.2, 0) is 13.2 Å². The van der Waals surface area contributed by atoms with E-state index in [1.807, 2.05) is 6.07 Å². The molecule has 3 aromatic rings. The molecular formula is C23H15F9N6O3S. The van der Waals surface area contributed by atoms with Crippen LogP contribution in [0.1, 0.15) is 40.6 Å². The molecule has 9 nitrogen and oxygen atoms in total. The van der Waals surface area contributed by atoms with Crippen LogP contribution in [0.5, 0.6) is 5.88 Å². The van der Waals surface area contributed by atoms with Crippen molar-refractivity contribution in [1.29, 1.82) is 10.5 Å². The molecule has 0 spiro atoms. The number of thiophene rings is 1. The van der Waals surface area contributed by atoms with Gasteiger partial charge in [0.1, 0.15) is 33.4 Å². The van der Waals surface area contributed by atoms with Gasteiger partial charge in [-0.05, 0) is 25.8 Å². The second-order valence-corrected chi connectivity index (χ2v) is 10.0. The molecule has 1 aliphatic carbocycles. The minimum Gasteiger partial charge on any atom is -0.410 e. The quantitative estimate of drug-likeness (QED) is 0.278. The summed E-state index contributed by atoms with van der Waals surface area (Å²) in [5.74, 6) is -2.98. The molecule has 3 aromatic heterocycles. The summed E-state index contributed by atoms with van der Waals surface area (Å²) >= 11 is 0.706. The lowest BCUT2D eigenvalue weighted by Crippen LogP contribution is -2.46. The molecule has 1 amide bonds. The number of ether oxygens (including phenoxy) is 1. The second kappa shape index (κ2) is 10.2. The number of aromatic nitrogens is 3. The van der Waals surface area contributed by atoms with E-state index in [1.165, 1.54) is 11.0 Å². The van der Waals surface area contributed by atoms with Crippen molar-refractivity contribution in [1.82, 2.24) is 19.8 Å². The van der Waals surface area contributed by atoms with E-state index in [4.69, 9.17) is 4.52 Å². The van der Waals surface area contributed by atoms with E-state index < -0.39 is 58.9 Å². The first-order valence-electron chi connectivity index (χ1n) is 11.6. The Bertz CT molecular complexity index is 1600. The van der Waals surface area contributed by atoms with Gasteiger partial charge in [-0.2, -0.15) is 45.6 Å². The maximum atomic E-state index is 13.9. The molecule has 0 bridgehead atoms. The first-order chi connectivity index (χ1) is 19.4. The van der Waals surface area contributed by atoms with Crippen molar-refractivity contribution in [3.8, 4) is 40.0 Å². The lowest BCUT2D eigenvalue weighted by atomic mass is 10.1. The number of aryl methyl sites for hydroxylation is 1. The fourth-order valence-corrected chi connectivity index (χ4v) is 4.99. The van der Waals surface area contributed by atoms with E-state index in [1.54, 1.807) is 6.92 Å². The number of hydrogen-bond acceptors (Lipinski definition) is 8. The minimum atomic E-state index is -6.16. The number of carbonyl (C=O) groups is 1. The number of alkyl halides is 9. The highest BCUT2D eigenvalue weighted by Gasteiger charge is 2.60. The topological polar surface area (TPSA) is 121 Å². The van der Waals surface area contributed by atoms with Crippen LogP contribution >= 0.6 is 11.3 Å². The van der Waals surface area contributed by atoms with Gasteiger partial charge in [0.25, 0.3) is 18.0 Å². The van der Waals surface area contributed by atoms with Crippen LogP contribution in [0.4, 0.5) is 39.5 Å². The predicted octanol–water partition coefficient (Wildman–Crippen LogP) is 6.08. The van der Waals surface area contributed by atoms with Gasteiger partial charge in [-0.15, -0.1) is 16.4 Å². The lowest BCUT2D eigenvalue weighted by molar-refractivity contribution is -0.306. The molecule has 3 heterocycles. The van der Waals surface area contributed by atoms with Gasteiger partial charge in [-0.25, -0.2) is 4.39 Å². The van der Waals surface area contributed by atoms with Crippen molar-refractivity contribution in [3.63, 3.8) is 0 Å². The molecule has 19 heteroatoms. The van der Waals surface area contributed by atoms with Crippen LogP contribution in [0.15, 0.2) is 16.7 Å². The van der Waals surface area contributed by atoms with E-state index in [0.29, 0.717) is 28.9 Å². The Morgan fingerprint density at radius 2 is 1.86 bits per heavy atom. The molecule has 42 heavy (non-hydrogen) atoms. The molecule has 1 saturated carbocycles. The highest BCUT2D eigenvalue weighted by atomic mass is 32.1. The van der Waals surface area contributed by atoms with E-state index in [9.17, 15) is 54.8 Å². The van der Waals surface area contributed by atoms with E-state index in [-0.39, 0.29) is 27.6 Å². The number of nitrogens with zero attached hydrogens (tertiary/aromatic N) is 6. The first kappa shape index (κ1) is 30.7. The second-order valence-electron chi connectivity index (χ2n) is 8.95. The summed E-state index contributed by atoms with van der Waals surface area (Å²) in [6, 6.07) is 5.96. The molecule has 0 aliphatic heterocycles. The molecule has 0 radical (unpaired) electrons. The van der Waals surface area contributed by atoms with Gasteiger partial charge >= 0.3 is 18.5 Å². The number of hydrogen-bond donors (Lipinski definition) is 0. The van der Waals surface area contributed by atoms with Crippen LogP contribution in [0, 0.1) is 22.7 Å². The molecular weight excluding hydrogens is 611 g/mol. The van der Waals surface area contributed by atoms with Crippen molar-refractivity contribution in [2.75, 3.05) is 6.54 Å². The van der Waals surface area contributed by atoms with Crippen LogP contribution in [-0.4, -0.2) is 56.3 Å². The Morgan fingerprint density at radius 1 is 1.21 bits per heavy atom. The van der Waals surface area contributed by atoms with Crippen molar-refractivity contribution in [2.45, 2.75) is 49.9 Å². The van der Waals surface area contributed by atoms with Crippen molar-refractivity contribution in [2.24, 2.45) is 7.05 Å².